The van der Waals surface area contributed by atoms with Crippen LogP contribution in [-0.2, 0) is 0 Å². The van der Waals surface area contributed by atoms with E-state index in [1.807, 2.05) is 6.07 Å². The Morgan fingerprint density at radius 3 is 2.65 bits per heavy atom. The molecule has 1 aromatic rings. The Hall–Kier alpha value is -0.0100. The molecule has 3 rings (SSSR count). The van der Waals surface area contributed by atoms with Crippen molar-refractivity contribution in [2.45, 2.75) is 23.2 Å². The molecule has 2 heteroatoms. The van der Waals surface area contributed by atoms with Crippen molar-refractivity contribution < 1.29 is 0 Å². The molecule has 2 saturated carbocycles. The summed E-state index contributed by atoms with van der Waals surface area (Å²) in [5, 5.41) is 0. The first kappa shape index (κ1) is 12.0. The average Bonchev–Trinajstić information content (AvgIpc) is 2.90. The van der Waals surface area contributed by atoms with Gasteiger partial charge in [-0.05, 0) is 59.2 Å². The van der Waals surface area contributed by atoms with Crippen LogP contribution in [0.3, 0.4) is 0 Å². The molecule has 2 bridgehead atoms. The largest absolute Gasteiger partial charge is 0.0930 e. The minimum atomic E-state index is 0.626. The number of rotatable bonds is 0. The second kappa shape index (κ2) is 4.93. The highest BCUT2D eigenvalue weighted by molar-refractivity contribution is 14.1. The molecule has 0 amide bonds. The van der Waals surface area contributed by atoms with Crippen LogP contribution < -0.4 is 0 Å². The fraction of sp³-hybridized carbons (Fsp3) is 0.467. The van der Waals surface area contributed by atoms with Gasteiger partial charge in [-0.1, -0.05) is 46.6 Å². The maximum Gasteiger partial charge on any atom is 0.0387 e. The van der Waals surface area contributed by atoms with E-state index >= 15 is 0 Å². The number of hydrogen-bond acceptors (Lipinski definition) is 0. The van der Waals surface area contributed by atoms with E-state index < -0.39 is 0 Å². The lowest BCUT2D eigenvalue weighted by Gasteiger charge is -2.22. The summed E-state index contributed by atoms with van der Waals surface area (Å²) in [5.74, 6) is 9.34. The van der Waals surface area contributed by atoms with Crippen molar-refractivity contribution in [2.75, 3.05) is 0 Å². The predicted octanol–water partition coefficient (Wildman–Crippen LogP) is 4.65. The Bertz CT molecular complexity index is 483. The second-order valence-corrected chi connectivity index (χ2v) is 7.35. The third-order valence-electron chi connectivity index (χ3n) is 4.06. The summed E-state index contributed by atoms with van der Waals surface area (Å²) < 4.78 is 1.89. The first-order valence-electron chi connectivity index (χ1n) is 6.16. The van der Waals surface area contributed by atoms with Gasteiger partial charge in [-0.15, -0.1) is 0 Å². The van der Waals surface area contributed by atoms with E-state index in [9.17, 15) is 0 Å². The summed E-state index contributed by atoms with van der Waals surface area (Å²) >= 11 is 6.18. The van der Waals surface area contributed by atoms with Crippen LogP contribution in [0.5, 0.6) is 0 Å². The Morgan fingerprint density at radius 2 is 1.94 bits per heavy atom. The van der Waals surface area contributed by atoms with Crippen LogP contribution in [0.15, 0.2) is 28.7 Å². The first-order chi connectivity index (χ1) is 8.25. The summed E-state index contributed by atoms with van der Waals surface area (Å²) in [4.78, 5) is 0. The molecule has 2 aliphatic rings. The van der Waals surface area contributed by atoms with Gasteiger partial charge in [-0.2, -0.15) is 0 Å². The summed E-state index contributed by atoms with van der Waals surface area (Å²) in [5.41, 5.74) is 1.12. The molecule has 0 heterocycles. The first-order valence-corrected chi connectivity index (χ1v) is 8.19. The van der Waals surface area contributed by atoms with Gasteiger partial charge in [0.1, 0.15) is 0 Å². The van der Waals surface area contributed by atoms with Crippen molar-refractivity contribution in [3.8, 4) is 11.8 Å². The molecule has 0 radical (unpaired) electrons. The van der Waals surface area contributed by atoms with E-state index in [1.54, 1.807) is 0 Å². The van der Waals surface area contributed by atoms with Crippen LogP contribution in [0.1, 0.15) is 24.8 Å². The molecule has 0 aromatic heterocycles. The Morgan fingerprint density at radius 1 is 1.18 bits per heavy atom. The Balaban J connectivity index is 1.83. The molecular formula is C15H14BrI. The molecule has 0 aliphatic heterocycles. The number of fused-ring (bicyclic) bond motifs is 2. The number of halogens is 2. The van der Waals surface area contributed by atoms with Gasteiger partial charge in [0.15, 0.2) is 0 Å². The highest BCUT2D eigenvalue weighted by Crippen LogP contribution is 2.51. The van der Waals surface area contributed by atoms with Crippen LogP contribution >= 0.6 is 38.5 Å². The van der Waals surface area contributed by atoms with Gasteiger partial charge in [0.25, 0.3) is 0 Å². The summed E-state index contributed by atoms with van der Waals surface area (Å²) in [7, 11) is 0. The molecule has 0 unspecified atom stereocenters. The van der Waals surface area contributed by atoms with Gasteiger partial charge in [0, 0.05) is 19.9 Å². The van der Waals surface area contributed by atoms with Crippen LogP contribution in [-0.4, -0.2) is 3.92 Å². The van der Waals surface area contributed by atoms with Crippen molar-refractivity contribution in [3.63, 3.8) is 0 Å². The van der Waals surface area contributed by atoms with Crippen molar-refractivity contribution >= 4 is 38.5 Å². The molecule has 0 nitrogen and oxygen atoms in total. The van der Waals surface area contributed by atoms with Crippen molar-refractivity contribution in [1.29, 1.82) is 0 Å². The standard InChI is InChI=1S/C15H14BrI/c16-14-4-2-1-3-10(14)7-8-13-11-5-6-12(9-11)15(13)17/h1-4,11-13,15H,5-6,9H2/t11-,12+,13+,15-/m0/s1. The van der Waals surface area contributed by atoms with E-state index in [-0.39, 0.29) is 0 Å². The molecule has 0 N–H and O–H groups in total. The minimum absolute atomic E-state index is 0.626. The molecule has 4 atom stereocenters. The summed E-state index contributed by atoms with van der Waals surface area (Å²) in [6.07, 6.45) is 4.26. The maximum absolute atomic E-state index is 3.56. The monoisotopic (exact) mass is 400 g/mol. The van der Waals surface area contributed by atoms with Gasteiger partial charge < -0.3 is 0 Å². The minimum Gasteiger partial charge on any atom is -0.0930 e. The number of hydrogen-bond donors (Lipinski definition) is 0. The molecule has 0 spiro atoms. The Kier molecular flexibility index (Phi) is 3.49. The smallest absolute Gasteiger partial charge is 0.0387 e. The SMILES string of the molecule is Brc1ccccc1C#C[C@@H]1[C@H]2CC[C@H](C2)[C@@H]1I. The lowest BCUT2D eigenvalue weighted by atomic mass is 9.89. The van der Waals surface area contributed by atoms with E-state index in [2.05, 4.69) is 68.6 Å². The fourth-order valence-electron chi connectivity index (χ4n) is 3.14. The maximum atomic E-state index is 3.56. The van der Waals surface area contributed by atoms with E-state index in [1.165, 1.54) is 19.3 Å². The zero-order valence-electron chi connectivity index (χ0n) is 9.50. The van der Waals surface area contributed by atoms with E-state index in [0.29, 0.717) is 5.92 Å². The van der Waals surface area contributed by atoms with Gasteiger partial charge in [0.2, 0.25) is 0 Å². The topological polar surface area (TPSA) is 0 Å². The van der Waals surface area contributed by atoms with E-state index in [4.69, 9.17) is 0 Å². The normalized spacial score (nSPS) is 34.5. The van der Waals surface area contributed by atoms with Gasteiger partial charge in [-0.3, -0.25) is 0 Å². The quantitative estimate of drug-likeness (QED) is 0.338. The summed E-state index contributed by atoms with van der Waals surface area (Å²) in [6.45, 7) is 0. The Labute approximate surface area is 125 Å². The third-order valence-corrected chi connectivity index (χ3v) is 6.55. The second-order valence-electron chi connectivity index (χ2n) is 5.05. The number of benzene rings is 1. The zero-order valence-corrected chi connectivity index (χ0v) is 13.2. The predicted molar refractivity (Wildman–Crippen MR) is 83.1 cm³/mol. The zero-order chi connectivity index (χ0) is 11.8. The molecule has 2 aliphatic carbocycles. The van der Waals surface area contributed by atoms with Crippen LogP contribution in [0.4, 0.5) is 0 Å². The van der Waals surface area contributed by atoms with Crippen LogP contribution in [0.25, 0.3) is 0 Å². The molecule has 1 aromatic carbocycles. The van der Waals surface area contributed by atoms with Crippen LogP contribution in [0.2, 0.25) is 0 Å². The molecule has 2 fully saturated rings. The van der Waals surface area contributed by atoms with Gasteiger partial charge >= 0.3 is 0 Å². The lowest BCUT2D eigenvalue weighted by Crippen LogP contribution is -2.20. The van der Waals surface area contributed by atoms with Crippen molar-refractivity contribution in [2.24, 2.45) is 17.8 Å². The molecule has 17 heavy (non-hydrogen) atoms. The highest BCUT2D eigenvalue weighted by atomic mass is 127. The van der Waals surface area contributed by atoms with Gasteiger partial charge in [-0.25, -0.2) is 0 Å². The molecule has 0 saturated heterocycles. The average molecular weight is 401 g/mol. The van der Waals surface area contributed by atoms with Crippen molar-refractivity contribution in [1.82, 2.24) is 0 Å². The van der Waals surface area contributed by atoms with Crippen molar-refractivity contribution in [3.05, 3.63) is 34.3 Å². The van der Waals surface area contributed by atoms with E-state index in [0.717, 1.165) is 25.8 Å². The lowest BCUT2D eigenvalue weighted by molar-refractivity contribution is 0.427. The number of alkyl halides is 1. The van der Waals surface area contributed by atoms with Crippen LogP contribution in [0, 0.1) is 29.6 Å². The fourth-order valence-corrected chi connectivity index (χ4v) is 4.95. The molecule has 88 valence electrons. The van der Waals surface area contributed by atoms with Gasteiger partial charge in [0.05, 0.1) is 0 Å². The third kappa shape index (κ3) is 2.29. The highest BCUT2D eigenvalue weighted by Gasteiger charge is 2.45. The molecular weight excluding hydrogens is 387 g/mol. The summed E-state index contributed by atoms with van der Waals surface area (Å²) in [6, 6.07) is 8.24.